The lowest BCUT2D eigenvalue weighted by atomic mass is 10.1. The van der Waals surface area contributed by atoms with Crippen molar-refractivity contribution in [2.75, 3.05) is 14.1 Å². The second-order valence-electron chi connectivity index (χ2n) is 5.04. The first kappa shape index (κ1) is 13.4. The molecule has 0 aliphatic carbocycles. The number of rotatable bonds is 2. The summed E-state index contributed by atoms with van der Waals surface area (Å²) in [4.78, 5) is 13.4. The summed E-state index contributed by atoms with van der Waals surface area (Å²) in [5, 5.41) is 3.14. The zero-order valence-corrected chi connectivity index (χ0v) is 12.9. The molecule has 1 aromatic heterocycles. The molecule has 0 aliphatic rings. The first-order chi connectivity index (χ1) is 9.54. The van der Waals surface area contributed by atoms with E-state index in [2.05, 4.69) is 12.1 Å². The maximum atomic E-state index is 11.8. The molecule has 2 nitrogen and oxygen atoms in total. The van der Waals surface area contributed by atoms with Gasteiger partial charge in [0.1, 0.15) is 0 Å². The van der Waals surface area contributed by atoms with Crippen LogP contribution in [0.3, 0.4) is 0 Å². The molecule has 0 saturated carbocycles. The fourth-order valence-electron chi connectivity index (χ4n) is 2.24. The van der Waals surface area contributed by atoms with E-state index in [1.165, 1.54) is 20.2 Å². The highest BCUT2D eigenvalue weighted by molar-refractivity contribution is 7.25. The van der Waals surface area contributed by atoms with Crippen molar-refractivity contribution in [2.45, 2.75) is 6.42 Å². The van der Waals surface area contributed by atoms with Crippen LogP contribution >= 0.6 is 22.9 Å². The smallest absolute Gasteiger partial charge is 0.226 e. The maximum absolute atomic E-state index is 11.8. The number of hydrogen-bond acceptors (Lipinski definition) is 2. The van der Waals surface area contributed by atoms with Gasteiger partial charge in [-0.3, -0.25) is 4.79 Å². The molecule has 0 aliphatic heterocycles. The molecule has 0 fully saturated rings. The van der Waals surface area contributed by atoms with E-state index < -0.39 is 0 Å². The third-order valence-corrected chi connectivity index (χ3v) is 4.72. The molecule has 1 heterocycles. The van der Waals surface area contributed by atoms with Crippen molar-refractivity contribution in [1.29, 1.82) is 0 Å². The van der Waals surface area contributed by atoms with Gasteiger partial charge in [-0.25, -0.2) is 0 Å². The summed E-state index contributed by atoms with van der Waals surface area (Å²) in [7, 11) is 3.56. The number of carbonyl (C=O) groups is 1. The number of halogens is 1. The Bertz CT molecular complexity index is 807. The Hall–Kier alpha value is -1.58. The van der Waals surface area contributed by atoms with Gasteiger partial charge in [0.15, 0.2) is 0 Å². The summed E-state index contributed by atoms with van der Waals surface area (Å²) in [6.45, 7) is 0. The van der Waals surface area contributed by atoms with Crippen molar-refractivity contribution in [2.24, 2.45) is 0 Å². The number of benzene rings is 2. The van der Waals surface area contributed by atoms with Crippen LogP contribution < -0.4 is 0 Å². The van der Waals surface area contributed by atoms with Crippen LogP contribution in [0.25, 0.3) is 20.2 Å². The van der Waals surface area contributed by atoms with Crippen molar-refractivity contribution >= 4 is 49.0 Å². The van der Waals surface area contributed by atoms with Gasteiger partial charge in [0.25, 0.3) is 0 Å². The lowest BCUT2D eigenvalue weighted by Gasteiger charge is -2.09. The number of nitrogens with zero attached hydrogens (tertiary/aromatic N) is 1. The Morgan fingerprint density at radius 1 is 1.10 bits per heavy atom. The van der Waals surface area contributed by atoms with Crippen molar-refractivity contribution in [1.82, 2.24) is 4.90 Å². The lowest BCUT2D eigenvalue weighted by Crippen LogP contribution is -2.23. The molecular formula is C16H14ClNOS. The fraction of sp³-hybridized carbons (Fsp3) is 0.188. The molecule has 3 aromatic rings. The molecule has 0 saturated heterocycles. The van der Waals surface area contributed by atoms with Gasteiger partial charge in [-0.1, -0.05) is 23.7 Å². The topological polar surface area (TPSA) is 20.3 Å². The molecule has 0 atom stereocenters. The van der Waals surface area contributed by atoms with E-state index >= 15 is 0 Å². The Labute approximate surface area is 126 Å². The molecule has 20 heavy (non-hydrogen) atoms. The van der Waals surface area contributed by atoms with Crippen LogP contribution in [-0.4, -0.2) is 24.9 Å². The van der Waals surface area contributed by atoms with Crippen molar-refractivity contribution in [3.05, 3.63) is 47.0 Å². The van der Waals surface area contributed by atoms with Crippen LogP contribution in [0.5, 0.6) is 0 Å². The minimum Gasteiger partial charge on any atom is -0.349 e. The number of carbonyl (C=O) groups excluding carboxylic acids is 1. The molecule has 0 radical (unpaired) electrons. The Balaban J connectivity index is 2.08. The van der Waals surface area contributed by atoms with Gasteiger partial charge in [0.05, 0.1) is 6.42 Å². The van der Waals surface area contributed by atoms with Crippen LogP contribution in [0.2, 0.25) is 5.02 Å². The largest absolute Gasteiger partial charge is 0.349 e. The summed E-state index contributed by atoms with van der Waals surface area (Å²) in [6.07, 6.45) is 0.442. The molecule has 0 spiro atoms. The Morgan fingerprint density at radius 2 is 1.90 bits per heavy atom. The Morgan fingerprint density at radius 3 is 2.65 bits per heavy atom. The highest BCUT2D eigenvalue weighted by Gasteiger charge is 2.09. The first-order valence-corrected chi connectivity index (χ1v) is 7.55. The number of thiophene rings is 1. The normalized spacial score (nSPS) is 11.2. The van der Waals surface area contributed by atoms with E-state index in [0.29, 0.717) is 6.42 Å². The predicted molar refractivity (Wildman–Crippen MR) is 86.7 cm³/mol. The molecular weight excluding hydrogens is 290 g/mol. The zero-order chi connectivity index (χ0) is 14.3. The van der Waals surface area contributed by atoms with Gasteiger partial charge in [0.2, 0.25) is 5.91 Å². The Kier molecular flexibility index (Phi) is 3.40. The third-order valence-electron chi connectivity index (χ3n) is 3.35. The molecule has 0 unspecified atom stereocenters. The summed E-state index contributed by atoms with van der Waals surface area (Å²) in [6, 6.07) is 12.2. The SMILES string of the molecule is CN(C)C(=O)Cc1ccc2c(c1)sc1ccc(Cl)cc12. The number of hydrogen-bond donors (Lipinski definition) is 0. The van der Waals surface area contributed by atoms with Gasteiger partial charge in [-0.05, 0) is 29.8 Å². The quantitative estimate of drug-likeness (QED) is 0.689. The van der Waals surface area contributed by atoms with Crippen LogP contribution in [0.1, 0.15) is 5.56 Å². The molecule has 0 N–H and O–H groups in total. The van der Waals surface area contributed by atoms with Crippen molar-refractivity contribution in [3.8, 4) is 0 Å². The minimum absolute atomic E-state index is 0.119. The molecule has 3 rings (SSSR count). The average Bonchev–Trinajstić information content (AvgIpc) is 2.75. The minimum atomic E-state index is 0.119. The lowest BCUT2D eigenvalue weighted by molar-refractivity contribution is -0.127. The highest BCUT2D eigenvalue weighted by atomic mass is 35.5. The average molecular weight is 304 g/mol. The van der Waals surface area contributed by atoms with E-state index in [4.69, 9.17) is 11.6 Å². The summed E-state index contributed by atoms with van der Waals surface area (Å²) in [5.74, 6) is 0.119. The van der Waals surface area contributed by atoms with Gasteiger partial charge in [-0.2, -0.15) is 0 Å². The van der Waals surface area contributed by atoms with Gasteiger partial charge in [-0.15, -0.1) is 11.3 Å². The summed E-state index contributed by atoms with van der Waals surface area (Å²) >= 11 is 7.80. The van der Waals surface area contributed by atoms with Crippen LogP contribution in [0.15, 0.2) is 36.4 Å². The molecule has 0 bridgehead atoms. The monoisotopic (exact) mass is 303 g/mol. The maximum Gasteiger partial charge on any atom is 0.226 e. The molecule has 102 valence electrons. The number of amides is 1. The predicted octanol–water partition coefficient (Wildman–Crippen LogP) is 4.34. The van der Waals surface area contributed by atoms with Crippen molar-refractivity contribution in [3.63, 3.8) is 0 Å². The second kappa shape index (κ2) is 5.08. The van der Waals surface area contributed by atoms with Crippen LogP contribution in [0, 0.1) is 0 Å². The van der Waals surface area contributed by atoms with Crippen LogP contribution in [-0.2, 0) is 11.2 Å². The van der Waals surface area contributed by atoms with Crippen LogP contribution in [0.4, 0.5) is 0 Å². The van der Waals surface area contributed by atoms with E-state index in [1.807, 2.05) is 24.3 Å². The molecule has 4 heteroatoms. The van der Waals surface area contributed by atoms with Gasteiger partial charge >= 0.3 is 0 Å². The van der Waals surface area contributed by atoms with Gasteiger partial charge in [0, 0.05) is 39.3 Å². The van der Waals surface area contributed by atoms with E-state index in [-0.39, 0.29) is 5.91 Å². The van der Waals surface area contributed by atoms with Gasteiger partial charge < -0.3 is 4.90 Å². The first-order valence-electron chi connectivity index (χ1n) is 6.35. The van der Waals surface area contributed by atoms with E-state index in [0.717, 1.165) is 10.6 Å². The number of fused-ring (bicyclic) bond motifs is 3. The van der Waals surface area contributed by atoms with Crippen molar-refractivity contribution < 1.29 is 4.79 Å². The second-order valence-corrected chi connectivity index (χ2v) is 6.56. The van der Waals surface area contributed by atoms with E-state index in [9.17, 15) is 4.79 Å². The standard InChI is InChI=1S/C16H14ClNOS/c1-18(2)16(19)8-10-3-5-12-13-9-11(17)4-6-14(13)20-15(12)7-10/h3-7,9H,8H2,1-2H3. The highest BCUT2D eigenvalue weighted by Crippen LogP contribution is 2.35. The van der Waals surface area contributed by atoms with E-state index in [1.54, 1.807) is 30.3 Å². The summed E-state index contributed by atoms with van der Waals surface area (Å²) < 4.78 is 2.42. The third kappa shape index (κ3) is 2.39. The fourth-order valence-corrected chi connectivity index (χ4v) is 3.56. The molecule has 1 amide bonds. The number of likely N-dealkylation sites (N-methyl/N-ethyl adjacent to an activating group) is 1. The summed E-state index contributed by atoms with van der Waals surface area (Å²) in [5.41, 5.74) is 1.05. The zero-order valence-electron chi connectivity index (χ0n) is 11.3. The molecule has 2 aromatic carbocycles.